The number of hydrogen-bond donors (Lipinski definition) is 1. The third-order valence-corrected chi connectivity index (χ3v) is 5.17. The topological polar surface area (TPSA) is 29.3 Å². The first-order valence-corrected chi connectivity index (χ1v) is 7.55. The fourth-order valence-corrected chi connectivity index (χ4v) is 3.63. The van der Waals surface area contributed by atoms with Crippen LogP contribution in [-0.4, -0.2) is 29.5 Å². The van der Waals surface area contributed by atoms with Crippen molar-refractivity contribution < 1.29 is 0 Å². The van der Waals surface area contributed by atoms with Gasteiger partial charge in [0, 0.05) is 12.0 Å². The van der Waals surface area contributed by atoms with Gasteiger partial charge >= 0.3 is 0 Å². The van der Waals surface area contributed by atoms with Crippen molar-refractivity contribution in [3.8, 4) is 0 Å². The van der Waals surface area contributed by atoms with Crippen molar-refractivity contribution in [1.82, 2.24) is 4.90 Å². The minimum Gasteiger partial charge on any atom is -0.393 e. The first-order valence-electron chi connectivity index (χ1n) is 7.15. The van der Waals surface area contributed by atoms with Crippen molar-refractivity contribution in [1.29, 1.82) is 0 Å². The Bertz CT molecular complexity index is 263. The average Bonchev–Trinajstić information content (AvgIpc) is 2.33. The second-order valence-electron chi connectivity index (χ2n) is 6.16. The lowest BCUT2D eigenvalue weighted by molar-refractivity contribution is 0.125. The van der Waals surface area contributed by atoms with Gasteiger partial charge in [0.1, 0.15) is 0 Å². The van der Waals surface area contributed by atoms with Gasteiger partial charge in [0.05, 0.1) is 4.99 Å². The van der Waals surface area contributed by atoms with Gasteiger partial charge in [-0.15, -0.1) is 0 Å². The summed E-state index contributed by atoms with van der Waals surface area (Å²) in [5.41, 5.74) is 6.21. The molecule has 0 aromatic heterocycles. The summed E-state index contributed by atoms with van der Waals surface area (Å²) < 4.78 is 0. The van der Waals surface area contributed by atoms with E-state index in [1.165, 1.54) is 58.0 Å². The molecule has 0 unspecified atom stereocenters. The minimum atomic E-state index is 0.161. The summed E-state index contributed by atoms with van der Waals surface area (Å²) in [5, 5.41) is 0. The van der Waals surface area contributed by atoms with Gasteiger partial charge in [-0.05, 0) is 44.7 Å². The van der Waals surface area contributed by atoms with Crippen molar-refractivity contribution >= 4 is 17.2 Å². The third-order valence-electron chi connectivity index (χ3n) is 4.74. The lowest BCUT2D eigenvalue weighted by atomic mass is 9.73. The van der Waals surface area contributed by atoms with Crippen LogP contribution < -0.4 is 5.73 Å². The molecule has 2 aliphatic rings. The largest absolute Gasteiger partial charge is 0.393 e. The average molecular weight is 254 g/mol. The molecule has 17 heavy (non-hydrogen) atoms. The highest BCUT2D eigenvalue weighted by atomic mass is 32.1. The Labute approximate surface area is 111 Å². The standard InChI is InChI=1S/C14H26N2S/c1-12-5-9-16(10-6-12)11-14(13(15)17)7-3-2-4-8-14/h12H,2-11H2,1H3,(H2,15,17). The fourth-order valence-electron chi connectivity index (χ4n) is 3.36. The summed E-state index contributed by atoms with van der Waals surface area (Å²) in [7, 11) is 0. The predicted octanol–water partition coefficient (Wildman–Crippen LogP) is 2.95. The molecule has 1 aliphatic heterocycles. The molecule has 1 heterocycles. The van der Waals surface area contributed by atoms with Gasteiger partial charge in [-0.1, -0.05) is 38.4 Å². The van der Waals surface area contributed by atoms with Crippen LogP contribution in [0.3, 0.4) is 0 Å². The van der Waals surface area contributed by atoms with Gasteiger partial charge in [0.15, 0.2) is 0 Å². The summed E-state index contributed by atoms with van der Waals surface area (Å²) >= 11 is 5.37. The van der Waals surface area contributed by atoms with Crippen molar-refractivity contribution in [2.24, 2.45) is 17.1 Å². The summed E-state index contributed by atoms with van der Waals surface area (Å²) in [5.74, 6) is 0.901. The molecule has 0 bridgehead atoms. The van der Waals surface area contributed by atoms with Gasteiger partial charge in [-0.2, -0.15) is 0 Å². The van der Waals surface area contributed by atoms with Crippen LogP contribution in [0.2, 0.25) is 0 Å². The molecule has 0 atom stereocenters. The molecule has 1 aliphatic carbocycles. The highest BCUT2D eigenvalue weighted by Crippen LogP contribution is 2.38. The molecular weight excluding hydrogens is 228 g/mol. The number of likely N-dealkylation sites (tertiary alicyclic amines) is 1. The van der Waals surface area contributed by atoms with Gasteiger partial charge in [0.2, 0.25) is 0 Å². The van der Waals surface area contributed by atoms with Crippen molar-refractivity contribution in [3.63, 3.8) is 0 Å². The molecular formula is C14H26N2S. The molecule has 2 nitrogen and oxygen atoms in total. The maximum absolute atomic E-state index is 6.05. The lowest BCUT2D eigenvalue weighted by Crippen LogP contribution is -2.48. The normalized spacial score (nSPS) is 26.9. The Hall–Kier alpha value is -0.150. The second-order valence-corrected chi connectivity index (χ2v) is 6.60. The monoisotopic (exact) mass is 254 g/mol. The molecule has 0 aromatic rings. The zero-order valence-corrected chi connectivity index (χ0v) is 11.9. The van der Waals surface area contributed by atoms with E-state index in [9.17, 15) is 0 Å². The number of nitrogens with two attached hydrogens (primary N) is 1. The van der Waals surface area contributed by atoms with Crippen LogP contribution >= 0.6 is 12.2 Å². The van der Waals surface area contributed by atoms with E-state index < -0.39 is 0 Å². The molecule has 2 rings (SSSR count). The maximum Gasteiger partial charge on any atom is 0.0802 e. The molecule has 1 saturated carbocycles. The van der Waals surface area contributed by atoms with E-state index in [-0.39, 0.29) is 5.41 Å². The third kappa shape index (κ3) is 3.19. The molecule has 0 amide bonds. The van der Waals surface area contributed by atoms with E-state index in [4.69, 9.17) is 18.0 Å². The van der Waals surface area contributed by atoms with E-state index in [1.807, 2.05) is 0 Å². The Morgan fingerprint density at radius 2 is 1.82 bits per heavy atom. The van der Waals surface area contributed by atoms with Crippen LogP contribution in [0.25, 0.3) is 0 Å². The Kier molecular flexibility index (Phi) is 4.42. The first kappa shape index (κ1) is 13.3. The Balaban J connectivity index is 1.95. The van der Waals surface area contributed by atoms with Crippen molar-refractivity contribution in [3.05, 3.63) is 0 Å². The quantitative estimate of drug-likeness (QED) is 0.785. The van der Waals surface area contributed by atoms with E-state index >= 15 is 0 Å². The molecule has 3 heteroatoms. The van der Waals surface area contributed by atoms with Gasteiger partial charge < -0.3 is 10.6 Å². The summed E-state index contributed by atoms with van der Waals surface area (Å²) in [6, 6.07) is 0. The second kappa shape index (κ2) is 5.66. The van der Waals surface area contributed by atoms with E-state index in [2.05, 4.69) is 11.8 Å². The van der Waals surface area contributed by atoms with Crippen LogP contribution in [0.4, 0.5) is 0 Å². The summed E-state index contributed by atoms with van der Waals surface area (Å²) in [4.78, 5) is 3.38. The van der Waals surface area contributed by atoms with Gasteiger partial charge in [-0.3, -0.25) is 0 Å². The van der Waals surface area contributed by atoms with Gasteiger partial charge in [0.25, 0.3) is 0 Å². The van der Waals surface area contributed by atoms with Crippen LogP contribution in [0.5, 0.6) is 0 Å². The molecule has 0 spiro atoms. The zero-order valence-electron chi connectivity index (χ0n) is 11.1. The number of nitrogens with zero attached hydrogens (tertiary/aromatic N) is 1. The smallest absolute Gasteiger partial charge is 0.0802 e. The van der Waals surface area contributed by atoms with E-state index in [0.29, 0.717) is 0 Å². The highest BCUT2D eigenvalue weighted by Gasteiger charge is 2.37. The lowest BCUT2D eigenvalue weighted by Gasteiger charge is -2.42. The SMILES string of the molecule is CC1CCN(CC2(C(N)=S)CCCCC2)CC1. The fraction of sp³-hybridized carbons (Fsp3) is 0.929. The number of hydrogen-bond acceptors (Lipinski definition) is 2. The van der Waals surface area contributed by atoms with Crippen molar-refractivity contribution in [2.75, 3.05) is 19.6 Å². The molecule has 1 saturated heterocycles. The zero-order chi connectivity index (χ0) is 12.3. The van der Waals surface area contributed by atoms with Gasteiger partial charge in [-0.25, -0.2) is 0 Å². The van der Waals surface area contributed by atoms with E-state index in [0.717, 1.165) is 17.5 Å². The molecule has 0 aromatic carbocycles. The van der Waals surface area contributed by atoms with Crippen LogP contribution in [0.1, 0.15) is 51.9 Å². The van der Waals surface area contributed by atoms with Crippen LogP contribution in [0, 0.1) is 11.3 Å². The van der Waals surface area contributed by atoms with Crippen molar-refractivity contribution in [2.45, 2.75) is 51.9 Å². The summed E-state index contributed by atoms with van der Waals surface area (Å²) in [6.07, 6.45) is 9.09. The summed E-state index contributed by atoms with van der Waals surface area (Å²) in [6.45, 7) is 5.97. The Morgan fingerprint density at radius 3 is 2.35 bits per heavy atom. The molecule has 0 radical (unpaired) electrons. The predicted molar refractivity (Wildman–Crippen MR) is 77.1 cm³/mol. The Morgan fingerprint density at radius 1 is 1.24 bits per heavy atom. The van der Waals surface area contributed by atoms with Crippen LogP contribution in [-0.2, 0) is 0 Å². The number of piperidine rings is 1. The molecule has 2 N–H and O–H groups in total. The number of thiocarbonyl (C=S) groups is 1. The maximum atomic E-state index is 6.05. The van der Waals surface area contributed by atoms with E-state index in [1.54, 1.807) is 0 Å². The van der Waals surface area contributed by atoms with Crippen LogP contribution in [0.15, 0.2) is 0 Å². The first-order chi connectivity index (χ1) is 8.12. The highest BCUT2D eigenvalue weighted by molar-refractivity contribution is 7.80. The molecule has 98 valence electrons. The molecule has 2 fully saturated rings. The number of rotatable bonds is 3. The minimum absolute atomic E-state index is 0.161.